The summed E-state index contributed by atoms with van der Waals surface area (Å²) < 4.78 is 5.55. The number of thiol groups is 1. The fourth-order valence-corrected chi connectivity index (χ4v) is 1.45. The Morgan fingerprint density at radius 1 is 1.14 bits per heavy atom. The van der Waals surface area contributed by atoms with Crippen molar-refractivity contribution in [1.29, 1.82) is 0 Å². The van der Waals surface area contributed by atoms with Gasteiger partial charge in [-0.2, -0.15) is 12.6 Å². The molecule has 1 rings (SSSR count). The Bertz CT molecular complexity index is 298. The molecule has 0 aliphatic rings. The SMILES string of the molecule is Cc1cc(C)cc(OCC=CCS)c1. The molecule has 0 saturated carbocycles. The normalized spacial score (nSPS) is 10.8. The fourth-order valence-electron chi connectivity index (χ4n) is 1.30. The Morgan fingerprint density at radius 3 is 2.36 bits per heavy atom. The van der Waals surface area contributed by atoms with Crippen LogP contribution in [0.3, 0.4) is 0 Å². The molecule has 76 valence electrons. The second-order valence-electron chi connectivity index (χ2n) is 3.29. The number of ether oxygens (including phenoxy) is 1. The van der Waals surface area contributed by atoms with E-state index < -0.39 is 0 Å². The third kappa shape index (κ3) is 3.88. The van der Waals surface area contributed by atoms with Gasteiger partial charge < -0.3 is 4.74 Å². The van der Waals surface area contributed by atoms with Gasteiger partial charge in [-0.3, -0.25) is 0 Å². The van der Waals surface area contributed by atoms with Crippen molar-refractivity contribution in [2.75, 3.05) is 12.4 Å². The predicted molar refractivity (Wildman–Crippen MR) is 64.4 cm³/mol. The summed E-state index contributed by atoms with van der Waals surface area (Å²) in [6, 6.07) is 6.22. The van der Waals surface area contributed by atoms with Crippen molar-refractivity contribution in [2.24, 2.45) is 0 Å². The first kappa shape index (κ1) is 11.2. The maximum atomic E-state index is 5.55. The highest BCUT2D eigenvalue weighted by Crippen LogP contribution is 2.15. The van der Waals surface area contributed by atoms with Crippen molar-refractivity contribution < 1.29 is 4.74 Å². The highest BCUT2D eigenvalue weighted by molar-refractivity contribution is 7.80. The second-order valence-corrected chi connectivity index (χ2v) is 3.65. The highest BCUT2D eigenvalue weighted by Gasteiger charge is 1.94. The molecule has 0 aliphatic carbocycles. The Balaban J connectivity index is 2.54. The molecule has 0 spiro atoms. The maximum Gasteiger partial charge on any atom is 0.120 e. The van der Waals surface area contributed by atoms with E-state index in [1.54, 1.807) is 0 Å². The number of benzene rings is 1. The minimum atomic E-state index is 0.615. The van der Waals surface area contributed by atoms with Crippen LogP contribution in [-0.2, 0) is 0 Å². The van der Waals surface area contributed by atoms with Gasteiger partial charge in [0.15, 0.2) is 0 Å². The highest BCUT2D eigenvalue weighted by atomic mass is 32.1. The zero-order valence-electron chi connectivity index (χ0n) is 8.66. The number of hydrogen-bond donors (Lipinski definition) is 1. The molecule has 0 amide bonds. The van der Waals surface area contributed by atoms with Crippen LogP contribution in [0.5, 0.6) is 5.75 Å². The first-order chi connectivity index (χ1) is 6.72. The summed E-state index contributed by atoms with van der Waals surface area (Å²) >= 11 is 4.07. The third-order valence-electron chi connectivity index (χ3n) is 1.81. The molecule has 0 unspecified atom stereocenters. The van der Waals surface area contributed by atoms with Gasteiger partial charge in [-0.15, -0.1) is 0 Å². The van der Waals surface area contributed by atoms with E-state index in [4.69, 9.17) is 4.74 Å². The Morgan fingerprint density at radius 2 is 1.79 bits per heavy atom. The van der Waals surface area contributed by atoms with Crippen LogP contribution in [0.15, 0.2) is 30.4 Å². The molecule has 14 heavy (non-hydrogen) atoms. The van der Waals surface area contributed by atoms with Crippen LogP contribution in [0.1, 0.15) is 11.1 Å². The summed E-state index contributed by atoms with van der Waals surface area (Å²) in [5.41, 5.74) is 2.47. The van der Waals surface area contributed by atoms with Crippen LogP contribution in [0.25, 0.3) is 0 Å². The van der Waals surface area contributed by atoms with Gasteiger partial charge in [0.2, 0.25) is 0 Å². The lowest BCUT2D eigenvalue weighted by Crippen LogP contribution is -1.94. The molecule has 2 heteroatoms. The molecular formula is C12H16OS. The smallest absolute Gasteiger partial charge is 0.120 e. The molecule has 0 fully saturated rings. The van der Waals surface area contributed by atoms with Gasteiger partial charge in [-0.25, -0.2) is 0 Å². The fraction of sp³-hybridized carbons (Fsp3) is 0.333. The minimum absolute atomic E-state index is 0.615. The first-order valence-electron chi connectivity index (χ1n) is 4.69. The summed E-state index contributed by atoms with van der Waals surface area (Å²) in [5.74, 6) is 1.70. The van der Waals surface area contributed by atoms with Crippen molar-refractivity contribution in [3.63, 3.8) is 0 Å². The van der Waals surface area contributed by atoms with Crippen LogP contribution in [0.4, 0.5) is 0 Å². The van der Waals surface area contributed by atoms with Crippen molar-refractivity contribution >= 4 is 12.6 Å². The van der Waals surface area contributed by atoms with Gasteiger partial charge in [-0.05, 0) is 37.1 Å². The second kappa shape index (κ2) is 5.76. The van der Waals surface area contributed by atoms with Gasteiger partial charge in [0.1, 0.15) is 12.4 Å². The average Bonchev–Trinajstić information content (AvgIpc) is 2.11. The summed E-state index contributed by atoms with van der Waals surface area (Å²) in [4.78, 5) is 0. The summed E-state index contributed by atoms with van der Waals surface area (Å²) in [6.07, 6.45) is 3.95. The quantitative estimate of drug-likeness (QED) is 0.590. The Kier molecular flexibility index (Phi) is 4.60. The van der Waals surface area contributed by atoms with E-state index >= 15 is 0 Å². The minimum Gasteiger partial charge on any atom is -0.490 e. The van der Waals surface area contributed by atoms with Gasteiger partial charge in [0.05, 0.1) is 0 Å². The molecule has 0 atom stereocenters. The lowest BCUT2D eigenvalue weighted by atomic mass is 10.1. The molecule has 1 nitrogen and oxygen atoms in total. The largest absolute Gasteiger partial charge is 0.490 e. The van der Waals surface area contributed by atoms with Crippen LogP contribution in [-0.4, -0.2) is 12.4 Å². The summed E-state index contributed by atoms with van der Waals surface area (Å²) in [6.45, 7) is 4.76. The molecule has 0 radical (unpaired) electrons. The molecule has 0 aliphatic heterocycles. The number of rotatable bonds is 4. The van der Waals surface area contributed by atoms with E-state index in [-0.39, 0.29) is 0 Å². The summed E-state index contributed by atoms with van der Waals surface area (Å²) in [5, 5.41) is 0. The van der Waals surface area contributed by atoms with Crippen LogP contribution < -0.4 is 4.74 Å². The van der Waals surface area contributed by atoms with E-state index in [9.17, 15) is 0 Å². The number of aryl methyl sites for hydroxylation is 2. The lowest BCUT2D eigenvalue weighted by molar-refractivity contribution is 0.362. The van der Waals surface area contributed by atoms with E-state index in [2.05, 4.69) is 32.5 Å². The van der Waals surface area contributed by atoms with Crippen molar-refractivity contribution in [3.05, 3.63) is 41.5 Å². The molecule has 0 saturated heterocycles. The van der Waals surface area contributed by atoms with Crippen LogP contribution in [0.2, 0.25) is 0 Å². The molecule has 1 aromatic carbocycles. The Labute approximate surface area is 91.2 Å². The predicted octanol–water partition coefficient (Wildman–Crippen LogP) is 3.17. The molecule has 0 bridgehead atoms. The standard InChI is InChI=1S/C12H16OS/c1-10-7-11(2)9-12(8-10)13-5-3-4-6-14/h3-4,7-9,14H,5-6H2,1-2H3. The number of hydrogen-bond acceptors (Lipinski definition) is 2. The topological polar surface area (TPSA) is 9.23 Å². The molecule has 0 aromatic heterocycles. The molecule has 0 N–H and O–H groups in total. The van der Waals surface area contributed by atoms with Crippen molar-refractivity contribution in [2.45, 2.75) is 13.8 Å². The molecular weight excluding hydrogens is 192 g/mol. The molecule has 1 aromatic rings. The monoisotopic (exact) mass is 208 g/mol. The van der Waals surface area contributed by atoms with Crippen LogP contribution in [0, 0.1) is 13.8 Å². The zero-order valence-corrected chi connectivity index (χ0v) is 9.55. The van der Waals surface area contributed by atoms with Gasteiger partial charge in [-0.1, -0.05) is 18.2 Å². The van der Waals surface area contributed by atoms with E-state index in [0.29, 0.717) is 6.61 Å². The van der Waals surface area contributed by atoms with Gasteiger partial charge >= 0.3 is 0 Å². The van der Waals surface area contributed by atoms with Crippen LogP contribution >= 0.6 is 12.6 Å². The maximum absolute atomic E-state index is 5.55. The Hall–Kier alpha value is -0.890. The van der Waals surface area contributed by atoms with Gasteiger partial charge in [0.25, 0.3) is 0 Å². The van der Waals surface area contributed by atoms with E-state index in [1.807, 2.05) is 24.3 Å². The summed E-state index contributed by atoms with van der Waals surface area (Å²) in [7, 11) is 0. The van der Waals surface area contributed by atoms with E-state index in [1.165, 1.54) is 11.1 Å². The third-order valence-corrected chi connectivity index (χ3v) is 2.02. The van der Waals surface area contributed by atoms with Crippen molar-refractivity contribution in [3.8, 4) is 5.75 Å². The molecule has 0 heterocycles. The first-order valence-corrected chi connectivity index (χ1v) is 5.32. The van der Waals surface area contributed by atoms with Crippen molar-refractivity contribution in [1.82, 2.24) is 0 Å². The lowest BCUT2D eigenvalue weighted by Gasteiger charge is -2.05. The zero-order chi connectivity index (χ0) is 10.4. The van der Waals surface area contributed by atoms with E-state index in [0.717, 1.165) is 11.5 Å². The van der Waals surface area contributed by atoms with Gasteiger partial charge in [0, 0.05) is 5.75 Å². The average molecular weight is 208 g/mol.